The fraction of sp³-hybridized carbons (Fsp3) is 0.118. The zero-order chi connectivity index (χ0) is 21.1. The van der Waals surface area contributed by atoms with Crippen LogP contribution in [0.2, 0.25) is 0 Å². The second-order valence-corrected chi connectivity index (χ2v) is 9.52. The van der Waals surface area contributed by atoms with Crippen LogP contribution in [0.3, 0.4) is 0 Å². The molecule has 1 aromatic heterocycles. The Hall–Kier alpha value is -2.93. The molecule has 3 N–H and O–H groups in total. The van der Waals surface area contributed by atoms with Crippen LogP contribution >= 0.6 is 0 Å². The minimum atomic E-state index is -5.27. The van der Waals surface area contributed by atoms with Gasteiger partial charge in [0.05, 0.1) is 0 Å². The topological polar surface area (TPSA) is 159 Å². The first-order valence-corrected chi connectivity index (χ1v) is 11.0. The van der Waals surface area contributed by atoms with Crippen LogP contribution in [-0.2, 0) is 20.2 Å². The maximum atomic E-state index is 12.1. The van der Waals surface area contributed by atoms with Gasteiger partial charge in [-0.3, -0.25) is 9.11 Å². The molecule has 0 radical (unpaired) electrons. The average Bonchev–Trinajstić information content (AvgIpc) is 2.67. The third kappa shape index (κ3) is 4.10. The number of rotatable bonds is 6. The second-order valence-electron chi connectivity index (χ2n) is 5.97. The number of nitrogens with one attached hydrogen (secondary N) is 1. The lowest BCUT2D eigenvalue weighted by atomic mass is 10.0. The van der Waals surface area contributed by atoms with Crippen molar-refractivity contribution in [3.05, 3.63) is 78.4 Å². The largest absolute Gasteiger partial charge is 0.324 e. The van der Waals surface area contributed by atoms with Gasteiger partial charge in [-0.15, -0.1) is 0 Å². The van der Waals surface area contributed by atoms with Gasteiger partial charge >= 0.3 is 0 Å². The van der Waals surface area contributed by atoms with Gasteiger partial charge in [0.1, 0.15) is 12.7 Å². The summed E-state index contributed by atoms with van der Waals surface area (Å²) in [5.74, 6) is 0.117. The van der Waals surface area contributed by atoms with Crippen molar-refractivity contribution in [1.29, 1.82) is 0 Å². The molecule has 1 aromatic carbocycles. The molecular formula is C17H16N4O6S2. The second kappa shape index (κ2) is 7.83. The zero-order valence-electron chi connectivity index (χ0n) is 14.7. The fourth-order valence-corrected chi connectivity index (χ4v) is 5.36. The van der Waals surface area contributed by atoms with Gasteiger partial charge in [-0.1, -0.05) is 48.6 Å². The van der Waals surface area contributed by atoms with Crippen LogP contribution in [0, 0.1) is 0 Å². The molecule has 0 spiro atoms. The summed E-state index contributed by atoms with van der Waals surface area (Å²) in [6, 6.07) is 8.55. The molecule has 0 saturated carbocycles. The molecule has 2 aromatic rings. The lowest BCUT2D eigenvalue weighted by Crippen LogP contribution is -2.47. The van der Waals surface area contributed by atoms with E-state index in [0.717, 1.165) is 0 Å². The number of benzene rings is 1. The van der Waals surface area contributed by atoms with E-state index in [1.807, 2.05) is 0 Å². The zero-order valence-corrected chi connectivity index (χ0v) is 16.4. The van der Waals surface area contributed by atoms with E-state index in [1.165, 1.54) is 37.0 Å². The molecule has 152 valence electrons. The summed E-state index contributed by atoms with van der Waals surface area (Å²) in [5, 5.41) is 2.86. The number of hydrogen-bond acceptors (Lipinski definition) is 8. The van der Waals surface area contributed by atoms with E-state index in [9.17, 15) is 25.9 Å². The van der Waals surface area contributed by atoms with Crippen molar-refractivity contribution in [2.45, 2.75) is 10.5 Å². The van der Waals surface area contributed by atoms with Crippen LogP contribution in [0.5, 0.6) is 0 Å². The van der Waals surface area contributed by atoms with Crippen LogP contribution in [0.4, 0.5) is 5.95 Å². The summed E-state index contributed by atoms with van der Waals surface area (Å²) in [4.78, 5) is 11.6. The highest BCUT2D eigenvalue weighted by Crippen LogP contribution is 2.40. The summed E-state index contributed by atoms with van der Waals surface area (Å²) in [6.07, 6.45) is 6.84. The molecule has 1 heterocycles. The number of aromatic nitrogens is 3. The van der Waals surface area contributed by atoms with Crippen molar-refractivity contribution in [1.82, 2.24) is 15.0 Å². The van der Waals surface area contributed by atoms with Gasteiger partial charge in [0.25, 0.3) is 24.3 Å². The Morgan fingerprint density at radius 1 is 1.03 bits per heavy atom. The molecule has 0 unspecified atom stereocenters. The molecule has 3 rings (SSSR count). The summed E-state index contributed by atoms with van der Waals surface area (Å²) in [5.41, 5.74) is 0.420. The highest BCUT2D eigenvalue weighted by molar-refractivity contribution is 8.05. The molecule has 12 heteroatoms. The highest BCUT2D eigenvalue weighted by atomic mass is 32.3. The van der Waals surface area contributed by atoms with Gasteiger partial charge in [0.15, 0.2) is 0 Å². The van der Waals surface area contributed by atoms with Crippen molar-refractivity contribution in [3.63, 3.8) is 0 Å². The normalized spacial score (nSPS) is 16.9. The Morgan fingerprint density at radius 3 is 2.24 bits per heavy atom. The third-order valence-corrected chi connectivity index (χ3v) is 7.93. The molecule has 1 aliphatic rings. The van der Waals surface area contributed by atoms with E-state index >= 15 is 0 Å². The smallest absolute Gasteiger partial charge is 0.292 e. The molecule has 0 atom stereocenters. The van der Waals surface area contributed by atoms with E-state index in [0.29, 0.717) is 5.56 Å². The molecule has 10 nitrogen and oxygen atoms in total. The van der Waals surface area contributed by atoms with Crippen LogP contribution < -0.4 is 5.32 Å². The number of allylic oxidation sites excluding steroid dienone is 4. The Morgan fingerprint density at radius 2 is 1.66 bits per heavy atom. The maximum absolute atomic E-state index is 12.1. The Bertz CT molecular complexity index is 1160. The first-order chi connectivity index (χ1) is 13.6. The SMILES string of the molecule is O=S(=O)(O)C1(S(=O)(=O)O)CC=CC=C1C=C(Nc1ncncn1)c1ccccc1. The lowest BCUT2D eigenvalue weighted by Gasteiger charge is -2.29. The fourth-order valence-electron chi connectivity index (χ4n) is 2.83. The average molecular weight is 436 g/mol. The van der Waals surface area contributed by atoms with Gasteiger partial charge in [-0.25, -0.2) is 15.0 Å². The number of hydrogen-bond donors (Lipinski definition) is 3. The predicted octanol–water partition coefficient (Wildman–Crippen LogP) is 1.68. The summed E-state index contributed by atoms with van der Waals surface area (Å²) < 4.78 is 64.9. The van der Waals surface area contributed by atoms with Crippen LogP contribution in [-0.4, -0.2) is 45.0 Å². The lowest BCUT2D eigenvalue weighted by molar-refractivity contribution is 0.434. The highest BCUT2D eigenvalue weighted by Gasteiger charge is 2.56. The van der Waals surface area contributed by atoms with E-state index in [4.69, 9.17) is 0 Å². The molecule has 0 saturated heterocycles. The summed E-state index contributed by atoms with van der Waals surface area (Å²) in [7, 11) is -10.5. The summed E-state index contributed by atoms with van der Waals surface area (Å²) in [6.45, 7) is 0. The van der Waals surface area contributed by atoms with E-state index < -0.39 is 30.7 Å². The third-order valence-electron chi connectivity index (χ3n) is 4.20. The first-order valence-electron chi connectivity index (χ1n) is 8.13. The van der Waals surface area contributed by atoms with Crippen LogP contribution in [0.1, 0.15) is 12.0 Å². The molecular weight excluding hydrogens is 420 g/mol. The van der Waals surface area contributed by atoms with Crippen LogP contribution in [0.15, 0.2) is 72.9 Å². The van der Waals surface area contributed by atoms with Gasteiger partial charge in [-0.05, 0) is 17.2 Å². The predicted molar refractivity (Wildman–Crippen MR) is 106 cm³/mol. The van der Waals surface area contributed by atoms with Crippen molar-refractivity contribution >= 4 is 31.9 Å². The van der Waals surface area contributed by atoms with E-state index in [2.05, 4.69) is 20.3 Å². The van der Waals surface area contributed by atoms with Gasteiger partial charge < -0.3 is 5.32 Å². The molecule has 0 bridgehead atoms. The first kappa shape index (κ1) is 20.8. The maximum Gasteiger partial charge on any atom is 0.292 e. The van der Waals surface area contributed by atoms with E-state index in [-0.39, 0.29) is 17.2 Å². The van der Waals surface area contributed by atoms with Gasteiger partial charge in [0.2, 0.25) is 5.95 Å². The van der Waals surface area contributed by atoms with Crippen molar-refractivity contribution in [3.8, 4) is 0 Å². The van der Waals surface area contributed by atoms with Crippen molar-refractivity contribution in [2.24, 2.45) is 0 Å². The van der Waals surface area contributed by atoms with Crippen LogP contribution in [0.25, 0.3) is 5.70 Å². The molecule has 1 aliphatic carbocycles. The molecule has 0 fully saturated rings. The number of nitrogens with zero attached hydrogens (tertiary/aromatic N) is 3. The minimum absolute atomic E-state index is 0.117. The number of anilines is 1. The Balaban J connectivity index is 2.22. The molecule has 29 heavy (non-hydrogen) atoms. The van der Waals surface area contributed by atoms with Crippen molar-refractivity contribution < 1.29 is 25.9 Å². The van der Waals surface area contributed by atoms with Gasteiger partial charge in [-0.2, -0.15) is 16.8 Å². The monoisotopic (exact) mass is 436 g/mol. The van der Waals surface area contributed by atoms with Crippen molar-refractivity contribution in [2.75, 3.05) is 5.32 Å². The summed E-state index contributed by atoms with van der Waals surface area (Å²) >= 11 is 0. The standard InChI is InChI=1S/C17H16N4O6S2/c22-28(23,24)17(29(25,26)27)9-5-4-8-14(17)10-15(13-6-2-1-3-7-13)21-16-19-11-18-12-20-16/h1-8,10-12H,9H2,(H,22,23,24)(H,25,26,27)(H,18,19,20,21). The quantitative estimate of drug-likeness (QED) is 0.568. The Kier molecular flexibility index (Phi) is 5.61. The molecule has 0 aliphatic heterocycles. The van der Waals surface area contributed by atoms with E-state index in [1.54, 1.807) is 30.3 Å². The molecule has 0 amide bonds. The Labute approximate surface area is 167 Å². The minimum Gasteiger partial charge on any atom is -0.324 e. The van der Waals surface area contributed by atoms with Gasteiger partial charge in [0, 0.05) is 12.1 Å².